The fourth-order valence-corrected chi connectivity index (χ4v) is 5.86. The Hall–Kier alpha value is -4.70. The van der Waals surface area contributed by atoms with Gasteiger partial charge in [0.25, 0.3) is 0 Å². The van der Waals surface area contributed by atoms with Gasteiger partial charge in [0.15, 0.2) is 17.3 Å². The molecule has 6 rings (SSSR count). The van der Waals surface area contributed by atoms with E-state index in [1.54, 1.807) is 17.8 Å². The first-order valence-electron chi connectivity index (χ1n) is 14.9. The summed E-state index contributed by atoms with van der Waals surface area (Å²) in [5.74, 6) is -0.138. The Kier molecular flexibility index (Phi) is 8.34. The molecule has 1 saturated carbocycles. The summed E-state index contributed by atoms with van der Waals surface area (Å²) in [6, 6.07) is 15.9. The second kappa shape index (κ2) is 12.5. The van der Waals surface area contributed by atoms with Crippen molar-refractivity contribution in [1.29, 1.82) is 0 Å². The van der Waals surface area contributed by atoms with Gasteiger partial charge in [0.2, 0.25) is 11.9 Å². The summed E-state index contributed by atoms with van der Waals surface area (Å²) in [5.41, 5.74) is 5.36. The number of Topliss-reactive ketones (excluding diaryl/α,β-unsaturated/α-hetero) is 1. The monoisotopic (exact) mass is 593 g/mol. The molecule has 226 valence electrons. The van der Waals surface area contributed by atoms with Gasteiger partial charge in [-0.05, 0) is 47.8 Å². The van der Waals surface area contributed by atoms with Crippen molar-refractivity contribution >= 4 is 34.1 Å². The number of hydrogen-bond donors (Lipinski definition) is 2. The number of ketones is 1. The Balaban J connectivity index is 1.31. The standard InChI is InChI=1S/C34H36FN7O2/c1-20(2)29-19-38-42-32(29)40-33(39-25-10-11-26(17-25)44-4)41-34(42)37-18-24-7-5-6-8-27(24)31-28-12-9-22(16-30(43)21(3)35)15-23(28)13-14-36-31/h5-9,12-15,19-20,25-26H,3,10-11,16-18H2,1-2,4H3,(H2,37,39,40,41)/t25-,26+/m0/s1. The van der Waals surface area contributed by atoms with Crippen LogP contribution in [0.5, 0.6) is 0 Å². The molecule has 3 heterocycles. The molecular formula is C34H36FN7O2. The summed E-state index contributed by atoms with van der Waals surface area (Å²) in [6.07, 6.45) is 6.75. The van der Waals surface area contributed by atoms with Gasteiger partial charge in [-0.15, -0.1) is 0 Å². The predicted octanol–water partition coefficient (Wildman–Crippen LogP) is 6.65. The fraction of sp³-hybridized carbons (Fsp3) is 0.324. The molecule has 0 aliphatic heterocycles. The number of carbonyl (C=O) groups excluding carboxylic acids is 1. The molecule has 0 unspecified atom stereocenters. The van der Waals surface area contributed by atoms with E-state index >= 15 is 0 Å². The Bertz CT molecular complexity index is 1850. The van der Waals surface area contributed by atoms with Crippen molar-refractivity contribution in [3.8, 4) is 11.3 Å². The number of nitrogens with one attached hydrogen (secondary N) is 2. The van der Waals surface area contributed by atoms with E-state index in [0.717, 1.165) is 63.6 Å². The molecule has 1 aliphatic rings. The highest BCUT2D eigenvalue weighted by Crippen LogP contribution is 2.31. The predicted molar refractivity (Wildman–Crippen MR) is 170 cm³/mol. The Morgan fingerprint density at radius 1 is 1.16 bits per heavy atom. The number of nitrogens with zero attached hydrogens (tertiary/aromatic N) is 5. The van der Waals surface area contributed by atoms with E-state index in [0.29, 0.717) is 18.4 Å². The number of halogens is 1. The zero-order chi connectivity index (χ0) is 30.8. The van der Waals surface area contributed by atoms with Gasteiger partial charge < -0.3 is 15.4 Å². The van der Waals surface area contributed by atoms with Crippen LogP contribution in [0.1, 0.15) is 55.7 Å². The number of ether oxygens (including phenoxy) is 1. The van der Waals surface area contributed by atoms with Crippen molar-refractivity contribution in [3.63, 3.8) is 0 Å². The van der Waals surface area contributed by atoms with Crippen molar-refractivity contribution in [2.24, 2.45) is 0 Å². The highest BCUT2D eigenvalue weighted by atomic mass is 19.1. The maximum absolute atomic E-state index is 13.3. The molecule has 9 nitrogen and oxygen atoms in total. The van der Waals surface area contributed by atoms with E-state index in [4.69, 9.17) is 19.7 Å². The number of fused-ring (bicyclic) bond motifs is 2. The number of benzene rings is 2. The van der Waals surface area contributed by atoms with Crippen molar-refractivity contribution < 1.29 is 13.9 Å². The first-order valence-corrected chi connectivity index (χ1v) is 14.9. The Labute approximate surface area is 255 Å². The lowest BCUT2D eigenvalue weighted by Gasteiger charge is -2.16. The van der Waals surface area contributed by atoms with Crippen LogP contribution in [0.25, 0.3) is 27.7 Å². The van der Waals surface area contributed by atoms with Crippen LogP contribution in [-0.2, 0) is 22.5 Å². The van der Waals surface area contributed by atoms with Crippen LogP contribution in [0.2, 0.25) is 0 Å². The molecule has 2 atom stereocenters. The molecule has 3 aromatic heterocycles. The van der Waals surface area contributed by atoms with Crippen LogP contribution in [0.15, 0.2) is 73.3 Å². The number of hydrogen-bond acceptors (Lipinski definition) is 8. The van der Waals surface area contributed by atoms with Gasteiger partial charge in [0, 0.05) is 48.8 Å². The molecule has 2 aromatic carbocycles. The van der Waals surface area contributed by atoms with E-state index in [9.17, 15) is 9.18 Å². The van der Waals surface area contributed by atoms with Crippen LogP contribution >= 0.6 is 0 Å². The maximum Gasteiger partial charge on any atom is 0.229 e. The second-order valence-electron chi connectivity index (χ2n) is 11.6. The minimum atomic E-state index is -0.931. The quantitative estimate of drug-likeness (QED) is 0.164. The van der Waals surface area contributed by atoms with Crippen molar-refractivity contribution in [1.82, 2.24) is 24.6 Å². The summed E-state index contributed by atoms with van der Waals surface area (Å²) in [5, 5.41) is 13.5. The van der Waals surface area contributed by atoms with Gasteiger partial charge in [0.05, 0.1) is 18.0 Å². The third-order valence-corrected chi connectivity index (χ3v) is 8.27. The number of carbonyl (C=O) groups is 1. The van der Waals surface area contributed by atoms with E-state index in [-0.39, 0.29) is 24.5 Å². The molecule has 10 heteroatoms. The van der Waals surface area contributed by atoms with Gasteiger partial charge in [-0.3, -0.25) is 9.78 Å². The summed E-state index contributed by atoms with van der Waals surface area (Å²) in [6.45, 7) is 7.85. The van der Waals surface area contributed by atoms with E-state index < -0.39 is 11.6 Å². The van der Waals surface area contributed by atoms with Gasteiger partial charge in [-0.2, -0.15) is 19.6 Å². The minimum absolute atomic E-state index is 0.0344. The SMILES string of the molecule is C=C(F)C(=O)Cc1ccc2c(-c3ccccc3CNc3nc(N[C@H]4CC[C@@H](OC)C4)nc4c(C(C)C)cnn34)nccc2c1. The number of rotatable bonds is 11. The molecular weight excluding hydrogens is 557 g/mol. The lowest BCUT2D eigenvalue weighted by molar-refractivity contribution is -0.116. The molecule has 0 radical (unpaired) electrons. The van der Waals surface area contributed by atoms with Gasteiger partial charge in [-0.1, -0.05) is 62.9 Å². The zero-order valence-electron chi connectivity index (χ0n) is 25.2. The first-order chi connectivity index (χ1) is 21.3. The van der Waals surface area contributed by atoms with Gasteiger partial charge in [-0.25, -0.2) is 4.39 Å². The van der Waals surface area contributed by atoms with E-state index in [1.807, 2.05) is 48.7 Å². The largest absolute Gasteiger partial charge is 0.381 e. The number of pyridine rings is 1. The van der Waals surface area contributed by atoms with Crippen molar-refractivity contribution in [2.45, 2.75) is 64.1 Å². The summed E-state index contributed by atoms with van der Waals surface area (Å²) in [4.78, 5) is 26.4. The number of anilines is 2. The fourth-order valence-electron chi connectivity index (χ4n) is 5.86. The lowest BCUT2D eigenvalue weighted by Crippen LogP contribution is -2.20. The smallest absolute Gasteiger partial charge is 0.229 e. The van der Waals surface area contributed by atoms with Gasteiger partial charge in [0.1, 0.15) is 0 Å². The molecule has 1 fully saturated rings. The molecule has 1 aliphatic carbocycles. The first kappa shape index (κ1) is 29.4. The van der Waals surface area contributed by atoms with Gasteiger partial charge >= 0.3 is 0 Å². The third-order valence-electron chi connectivity index (χ3n) is 8.27. The average molecular weight is 594 g/mol. The third kappa shape index (κ3) is 6.03. The van der Waals surface area contributed by atoms with Crippen molar-refractivity contribution in [3.05, 3.63) is 90.0 Å². The summed E-state index contributed by atoms with van der Waals surface area (Å²) < 4.78 is 20.6. The highest BCUT2D eigenvalue weighted by Gasteiger charge is 2.26. The topological polar surface area (TPSA) is 106 Å². The molecule has 44 heavy (non-hydrogen) atoms. The molecule has 0 amide bonds. The zero-order valence-corrected chi connectivity index (χ0v) is 25.2. The normalized spacial score (nSPS) is 16.6. The van der Waals surface area contributed by atoms with Crippen LogP contribution in [0.4, 0.5) is 16.3 Å². The van der Waals surface area contributed by atoms with E-state index in [1.165, 1.54) is 0 Å². The highest BCUT2D eigenvalue weighted by molar-refractivity contribution is 5.98. The molecule has 0 bridgehead atoms. The molecule has 5 aromatic rings. The molecule has 2 N–H and O–H groups in total. The van der Waals surface area contributed by atoms with E-state index in [2.05, 4.69) is 42.2 Å². The van der Waals surface area contributed by atoms with Crippen LogP contribution in [0.3, 0.4) is 0 Å². The lowest BCUT2D eigenvalue weighted by atomic mass is 9.97. The number of aromatic nitrogens is 5. The van der Waals surface area contributed by atoms with Crippen LogP contribution in [-0.4, -0.2) is 49.6 Å². The maximum atomic E-state index is 13.3. The Morgan fingerprint density at radius 3 is 2.77 bits per heavy atom. The Morgan fingerprint density at radius 2 is 2.00 bits per heavy atom. The number of allylic oxidation sites excluding steroid dienone is 1. The molecule has 0 spiro atoms. The second-order valence-corrected chi connectivity index (χ2v) is 11.6. The number of methoxy groups -OCH3 is 1. The molecule has 0 saturated heterocycles. The minimum Gasteiger partial charge on any atom is -0.381 e. The van der Waals surface area contributed by atoms with Crippen molar-refractivity contribution in [2.75, 3.05) is 17.7 Å². The van der Waals surface area contributed by atoms with Crippen LogP contribution in [0, 0.1) is 0 Å². The summed E-state index contributed by atoms with van der Waals surface area (Å²) >= 11 is 0. The average Bonchev–Trinajstić information content (AvgIpc) is 3.67. The van der Waals surface area contributed by atoms with Crippen LogP contribution < -0.4 is 10.6 Å². The summed E-state index contributed by atoms with van der Waals surface area (Å²) in [7, 11) is 1.76.